The van der Waals surface area contributed by atoms with Crippen LogP contribution in [-0.4, -0.2) is 60.9 Å². The molecule has 0 bridgehead atoms. The van der Waals surface area contributed by atoms with Crippen LogP contribution in [0.1, 0.15) is 18.7 Å². The van der Waals surface area contributed by atoms with Crippen LogP contribution in [0.2, 0.25) is 0 Å². The van der Waals surface area contributed by atoms with Crippen molar-refractivity contribution in [3.05, 3.63) is 23.1 Å². The Kier molecular flexibility index (Phi) is 5.12. The zero-order valence-electron chi connectivity index (χ0n) is 16.4. The number of carbonyl (C=O) groups is 3. The van der Waals surface area contributed by atoms with Crippen LogP contribution in [0, 0.1) is 11.8 Å². The SMILES string of the molecule is CSc1c2sc(C3=C(C(=O)O)N4C(=O)[C@H]([C@@H](C)O)[C@H]4[C@H]3C)cn2c[n+]1CC(=O)NO. The van der Waals surface area contributed by atoms with E-state index in [4.69, 9.17) is 5.21 Å². The first-order chi connectivity index (χ1) is 14.2. The minimum atomic E-state index is -1.17. The molecule has 1 saturated heterocycles. The lowest BCUT2D eigenvalue weighted by Gasteiger charge is -2.46. The summed E-state index contributed by atoms with van der Waals surface area (Å²) >= 11 is 2.80. The second kappa shape index (κ2) is 7.38. The quantitative estimate of drug-likeness (QED) is 0.161. The number of fused-ring (bicyclic) bond motifs is 2. The van der Waals surface area contributed by atoms with E-state index in [0.29, 0.717) is 5.57 Å². The first-order valence-corrected chi connectivity index (χ1v) is 11.2. The summed E-state index contributed by atoms with van der Waals surface area (Å²) in [6, 6.07) is -0.377. The maximum absolute atomic E-state index is 12.5. The number of carboxylic acid groups (broad SMARTS) is 1. The van der Waals surface area contributed by atoms with Crippen LogP contribution in [0.25, 0.3) is 10.4 Å². The van der Waals surface area contributed by atoms with Crippen LogP contribution in [-0.2, 0) is 20.9 Å². The van der Waals surface area contributed by atoms with Crippen molar-refractivity contribution in [3.8, 4) is 0 Å². The molecule has 160 valence electrons. The maximum atomic E-state index is 12.5. The highest BCUT2D eigenvalue weighted by molar-refractivity contribution is 7.98. The van der Waals surface area contributed by atoms with Gasteiger partial charge >= 0.3 is 5.97 Å². The Bertz CT molecular complexity index is 1100. The van der Waals surface area contributed by atoms with Crippen molar-refractivity contribution in [1.82, 2.24) is 14.8 Å². The van der Waals surface area contributed by atoms with Crippen molar-refractivity contribution in [2.75, 3.05) is 6.26 Å². The van der Waals surface area contributed by atoms with E-state index in [1.54, 1.807) is 33.9 Å². The van der Waals surface area contributed by atoms with Gasteiger partial charge < -0.3 is 15.1 Å². The summed E-state index contributed by atoms with van der Waals surface area (Å²) in [6.45, 7) is 3.36. The molecule has 2 aliphatic rings. The van der Waals surface area contributed by atoms with Crippen LogP contribution in [0.4, 0.5) is 0 Å². The van der Waals surface area contributed by atoms with E-state index in [1.807, 2.05) is 13.2 Å². The zero-order chi connectivity index (χ0) is 21.9. The molecule has 2 aromatic rings. The lowest BCUT2D eigenvalue weighted by molar-refractivity contribution is -0.718. The molecule has 4 heterocycles. The molecule has 2 aromatic heterocycles. The normalized spacial score (nSPS) is 24.2. The topological polar surface area (TPSA) is 135 Å². The number of aliphatic hydroxyl groups excluding tert-OH is 1. The fourth-order valence-electron chi connectivity index (χ4n) is 4.46. The summed E-state index contributed by atoms with van der Waals surface area (Å²) in [6.07, 6.45) is 4.50. The average molecular weight is 454 g/mol. The Morgan fingerprint density at radius 1 is 1.43 bits per heavy atom. The highest BCUT2D eigenvalue weighted by atomic mass is 32.2. The van der Waals surface area contributed by atoms with Crippen molar-refractivity contribution in [1.29, 1.82) is 0 Å². The number of nitrogens with zero attached hydrogens (tertiary/aromatic N) is 3. The second-order valence-electron chi connectivity index (χ2n) is 7.42. The number of hydroxylamine groups is 1. The van der Waals surface area contributed by atoms with Crippen LogP contribution < -0.4 is 10.0 Å². The molecule has 2 amide bonds. The molecule has 1 fully saturated rings. The standard InChI is InChI=1S/C18H20N4O6S2/c1-7-11(14(18(26)27)22-13(7)12(8(2)23)15(22)25)9-4-20-6-21(5-10(24)19-28)16(29-3)17(20)30-9/h4,6-8,12-13,23H,5H2,1-3H3,(H2-,19,24,26,27,28)/p+1/t7-,8+,12+,13+/m0/s1. The third-order valence-electron chi connectivity index (χ3n) is 5.68. The number of hydrogen-bond donors (Lipinski definition) is 4. The molecule has 0 aromatic carbocycles. The summed E-state index contributed by atoms with van der Waals surface area (Å²) in [5, 5.41) is 29.4. The molecule has 30 heavy (non-hydrogen) atoms. The average Bonchev–Trinajstić information content (AvgIpc) is 3.28. The number of aliphatic hydroxyl groups is 1. The van der Waals surface area contributed by atoms with Gasteiger partial charge in [-0.25, -0.2) is 14.8 Å². The summed E-state index contributed by atoms with van der Waals surface area (Å²) in [4.78, 5) is 38.9. The fraction of sp³-hybridized carbons (Fsp3) is 0.444. The van der Waals surface area contributed by atoms with Gasteiger partial charge in [0.2, 0.25) is 15.8 Å². The lowest BCUT2D eigenvalue weighted by Crippen LogP contribution is -2.63. The zero-order valence-corrected chi connectivity index (χ0v) is 18.0. The first kappa shape index (κ1) is 20.8. The molecule has 4 N–H and O–H groups in total. The van der Waals surface area contributed by atoms with E-state index in [1.165, 1.54) is 28.0 Å². The minimum absolute atomic E-state index is 0.0304. The fourth-order valence-corrected chi connectivity index (χ4v) is 6.64. The molecular weight excluding hydrogens is 432 g/mol. The predicted octanol–water partition coefficient (Wildman–Crippen LogP) is 0.169. The number of imidazole rings is 1. The molecule has 12 heteroatoms. The van der Waals surface area contributed by atoms with Gasteiger partial charge in [-0.15, -0.1) is 0 Å². The molecular formula is C18H21N4O6S2+. The summed E-state index contributed by atoms with van der Waals surface area (Å²) < 4.78 is 3.50. The number of carboxylic acids is 1. The van der Waals surface area contributed by atoms with Crippen molar-refractivity contribution < 1.29 is 34.4 Å². The Morgan fingerprint density at radius 3 is 2.70 bits per heavy atom. The van der Waals surface area contributed by atoms with Gasteiger partial charge in [-0.2, -0.15) is 4.40 Å². The van der Waals surface area contributed by atoms with E-state index in [2.05, 4.69) is 0 Å². The molecule has 2 aliphatic heterocycles. The number of β-lactam (4-membered cyclic amide) rings is 1. The molecule has 0 spiro atoms. The van der Waals surface area contributed by atoms with E-state index < -0.39 is 23.9 Å². The van der Waals surface area contributed by atoms with Gasteiger partial charge in [0, 0.05) is 11.5 Å². The van der Waals surface area contributed by atoms with Crippen LogP contribution in [0.5, 0.6) is 0 Å². The van der Waals surface area contributed by atoms with E-state index in [9.17, 15) is 24.6 Å². The maximum Gasteiger partial charge on any atom is 0.352 e. The Labute approximate surface area is 179 Å². The van der Waals surface area contributed by atoms with Gasteiger partial charge in [0.1, 0.15) is 11.9 Å². The molecule has 4 atom stereocenters. The van der Waals surface area contributed by atoms with Crippen molar-refractivity contribution in [2.45, 2.75) is 37.6 Å². The number of thioether (sulfide) groups is 1. The highest BCUT2D eigenvalue weighted by Crippen LogP contribution is 2.51. The van der Waals surface area contributed by atoms with Crippen molar-refractivity contribution >= 4 is 51.3 Å². The number of rotatable bonds is 6. The minimum Gasteiger partial charge on any atom is -0.477 e. The van der Waals surface area contributed by atoms with Crippen molar-refractivity contribution in [3.63, 3.8) is 0 Å². The van der Waals surface area contributed by atoms with Gasteiger partial charge in [-0.05, 0) is 13.2 Å². The molecule has 0 saturated carbocycles. The lowest BCUT2D eigenvalue weighted by atomic mass is 9.77. The van der Waals surface area contributed by atoms with E-state index in [0.717, 1.165) is 14.7 Å². The van der Waals surface area contributed by atoms with Gasteiger partial charge in [0.25, 0.3) is 12.2 Å². The number of aromatic nitrogens is 2. The molecule has 0 radical (unpaired) electrons. The number of aliphatic carboxylic acids is 1. The van der Waals surface area contributed by atoms with Gasteiger partial charge in [0.15, 0.2) is 6.54 Å². The first-order valence-electron chi connectivity index (χ1n) is 9.21. The van der Waals surface area contributed by atoms with Crippen molar-refractivity contribution in [2.24, 2.45) is 11.8 Å². The Balaban J connectivity index is 1.80. The summed E-state index contributed by atoms with van der Waals surface area (Å²) in [7, 11) is 0. The number of thiazole rings is 1. The Hall–Kier alpha value is -2.41. The van der Waals surface area contributed by atoms with E-state index >= 15 is 0 Å². The number of amides is 2. The van der Waals surface area contributed by atoms with Gasteiger partial charge in [0.05, 0.1) is 22.9 Å². The number of nitrogens with one attached hydrogen (secondary N) is 1. The summed E-state index contributed by atoms with van der Waals surface area (Å²) in [5.74, 6) is -2.95. The van der Waals surface area contributed by atoms with Crippen LogP contribution in [0.15, 0.2) is 23.2 Å². The van der Waals surface area contributed by atoms with Gasteiger partial charge in [-0.3, -0.25) is 14.8 Å². The molecule has 10 nitrogen and oxygen atoms in total. The van der Waals surface area contributed by atoms with Crippen LogP contribution in [0.3, 0.4) is 0 Å². The second-order valence-corrected chi connectivity index (χ2v) is 9.24. The third-order valence-corrected chi connectivity index (χ3v) is 7.76. The summed E-state index contributed by atoms with van der Waals surface area (Å²) in [5.41, 5.74) is 2.15. The van der Waals surface area contributed by atoms with Gasteiger partial charge in [-0.1, -0.05) is 30.0 Å². The molecule has 0 aliphatic carbocycles. The third kappa shape index (κ3) is 2.86. The number of carbonyl (C=O) groups excluding carboxylic acids is 2. The smallest absolute Gasteiger partial charge is 0.352 e. The van der Waals surface area contributed by atoms with Crippen LogP contribution >= 0.6 is 23.1 Å². The monoisotopic (exact) mass is 453 g/mol. The number of hydrogen-bond acceptors (Lipinski definition) is 7. The largest absolute Gasteiger partial charge is 0.477 e. The highest BCUT2D eigenvalue weighted by Gasteiger charge is 2.60. The predicted molar refractivity (Wildman–Crippen MR) is 107 cm³/mol. The Morgan fingerprint density at radius 2 is 2.13 bits per heavy atom. The van der Waals surface area contributed by atoms with E-state index in [-0.39, 0.29) is 30.1 Å². The molecule has 4 rings (SSSR count). The molecule has 0 unspecified atom stereocenters.